The molecule has 1 aliphatic carbocycles. The molecule has 3 heterocycles. The zero-order valence-corrected chi connectivity index (χ0v) is 19.0. The molecule has 2 aromatic rings. The molecule has 2 saturated heterocycles. The summed E-state index contributed by atoms with van der Waals surface area (Å²) >= 11 is 0. The van der Waals surface area contributed by atoms with Crippen LogP contribution < -0.4 is 9.80 Å². The van der Waals surface area contributed by atoms with Gasteiger partial charge in [-0.1, -0.05) is 6.08 Å². The summed E-state index contributed by atoms with van der Waals surface area (Å²) in [6, 6.07) is 10.7. The Labute approximate surface area is 195 Å². The number of hydrogen-bond acceptors (Lipinski definition) is 5. The Kier molecular flexibility index (Phi) is 6.47. The lowest BCUT2D eigenvalue weighted by atomic mass is 9.91. The van der Waals surface area contributed by atoms with Gasteiger partial charge in [0.1, 0.15) is 6.61 Å². The Morgan fingerprint density at radius 1 is 1.09 bits per heavy atom. The Morgan fingerprint density at radius 2 is 1.88 bits per heavy atom. The summed E-state index contributed by atoms with van der Waals surface area (Å²) in [5.41, 5.74) is 6.05. The molecule has 0 radical (unpaired) electrons. The van der Waals surface area contributed by atoms with E-state index in [-0.39, 0.29) is 18.4 Å². The topological polar surface area (TPSA) is 75.6 Å². The van der Waals surface area contributed by atoms with Crippen molar-refractivity contribution in [3.8, 4) is 6.07 Å². The molecule has 0 bridgehead atoms. The van der Waals surface area contributed by atoms with Crippen LogP contribution in [0.15, 0.2) is 36.5 Å². The number of piperazine rings is 1. The molecule has 1 amide bonds. The second-order valence-electron chi connectivity index (χ2n) is 9.05. The quantitative estimate of drug-likeness (QED) is 0.740. The van der Waals surface area contributed by atoms with Crippen molar-refractivity contribution in [3.05, 3.63) is 53.4 Å². The van der Waals surface area contributed by atoms with Gasteiger partial charge in [0.25, 0.3) is 5.91 Å². The van der Waals surface area contributed by atoms with E-state index in [1.807, 2.05) is 11.0 Å². The lowest BCUT2D eigenvalue weighted by Crippen LogP contribution is -2.46. The van der Waals surface area contributed by atoms with Crippen LogP contribution in [-0.2, 0) is 22.4 Å². The van der Waals surface area contributed by atoms with Gasteiger partial charge in [-0.2, -0.15) is 5.26 Å². The summed E-state index contributed by atoms with van der Waals surface area (Å²) in [4.78, 5) is 22.2. The third-order valence-electron chi connectivity index (χ3n) is 7.00. The number of aromatic amines is 1. The minimum Gasteiger partial charge on any atom is -0.370 e. The average molecular weight is 446 g/mol. The lowest BCUT2D eigenvalue weighted by molar-refractivity contribution is -0.125. The highest BCUT2D eigenvalue weighted by Crippen LogP contribution is 2.27. The van der Waals surface area contributed by atoms with Crippen molar-refractivity contribution in [2.45, 2.75) is 19.3 Å². The molecule has 2 fully saturated rings. The predicted octanol–water partition coefficient (Wildman–Crippen LogP) is 2.84. The predicted molar refractivity (Wildman–Crippen MR) is 129 cm³/mol. The van der Waals surface area contributed by atoms with E-state index in [1.54, 1.807) is 0 Å². The van der Waals surface area contributed by atoms with Crippen molar-refractivity contribution in [1.82, 2.24) is 9.88 Å². The molecule has 172 valence electrons. The molecule has 0 spiro atoms. The first-order valence-corrected chi connectivity index (χ1v) is 11.9. The smallest absolute Gasteiger partial charge is 0.253 e. The minimum absolute atomic E-state index is 0.00329. The molecule has 3 aliphatic rings. The molecule has 1 aromatic carbocycles. The number of carbonyl (C=O) groups is 1. The monoisotopic (exact) mass is 445 g/mol. The Hall–Kier alpha value is -3.08. The van der Waals surface area contributed by atoms with Crippen LogP contribution in [0.3, 0.4) is 0 Å². The first-order valence-electron chi connectivity index (χ1n) is 11.9. The number of carbonyl (C=O) groups excluding carboxylic acids is 1. The number of allylic oxidation sites excluding steroid dienone is 1. The second kappa shape index (κ2) is 9.82. The van der Waals surface area contributed by atoms with Gasteiger partial charge in [-0.05, 0) is 67.3 Å². The van der Waals surface area contributed by atoms with Crippen LogP contribution >= 0.6 is 0 Å². The maximum absolute atomic E-state index is 12.0. The third-order valence-corrected chi connectivity index (χ3v) is 7.00. The normalized spacial score (nSPS) is 21.2. The molecule has 33 heavy (non-hydrogen) atoms. The van der Waals surface area contributed by atoms with Crippen LogP contribution in [0, 0.1) is 17.2 Å². The van der Waals surface area contributed by atoms with E-state index in [0.29, 0.717) is 13.2 Å². The van der Waals surface area contributed by atoms with Crippen LogP contribution in [-0.4, -0.2) is 68.3 Å². The van der Waals surface area contributed by atoms with Gasteiger partial charge in [-0.15, -0.1) is 0 Å². The van der Waals surface area contributed by atoms with E-state index >= 15 is 0 Å². The maximum Gasteiger partial charge on any atom is 0.253 e. The van der Waals surface area contributed by atoms with E-state index in [4.69, 9.17) is 4.74 Å². The van der Waals surface area contributed by atoms with Crippen LogP contribution in [0.1, 0.15) is 23.2 Å². The van der Waals surface area contributed by atoms with E-state index in [2.05, 4.69) is 57.4 Å². The zero-order chi connectivity index (χ0) is 22.6. The second-order valence-corrected chi connectivity index (χ2v) is 9.05. The number of H-pyrrole nitrogens is 1. The highest BCUT2D eigenvalue weighted by Gasteiger charge is 2.22. The first kappa shape index (κ1) is 21.7. The Morgan fingerprint density at radius 3 is 2.64 bits per heavy atom. The number of rotatable bonds is 6. The standard InChI is InChI=1S/C26H31N5O2/c27-17-20-3-8-25-24(16-20)21(18-28-25)2-1-9-29-10-12-30(13-11-29)22-4-6-23(7-5-22)31-14-15-33-19-26(31)32/h3-8,18,20,28H,1-2,9-16,19H2. The fraction of sp³-hybridized carbons (Fsp3) is 0.462. The number of aryl methyl sites for hydroxylation is 1. The van der Waals surface area contributed by atoms with E-state index in [9.17, 15) is 10.1 Å². The molecular weight excluding hydrogens is 414 g/mol. The number of hydrogen-bond donors (Lipinski definition) is 1. The van der Waals surface area contributed by atoms with E-state index in [1.165, 1.54) is 22.5 Å². The van der Waals surface area contributed by atoms with Crippen molar-refractivity contribution in [3.63, 3.8) is 0 Å². The van der Waals surface area contributed by atoms with Crippen LogP contribution in [0.4, 0.5) is 11.4 Å². The van der Waals surface area contributed by atoms with E-state index < -0.39 is 0 Å². The highest BCUT2D eigenvalue weighted by molar-refractivity contribution is 5.95. The summed E-state index contributed by atoms with van der Waals surface area (Å²) in [6.45, 7) is 6.66. The molecule has 0 saturated carbocycles. The number of benzene rings is 1. The number of nitrogens with zero attached hydrogens (tertiary/aromatic N) is 4. The average Bonchev–Trinajstić information content (AvgIpc) is 3.27. The van der Waals surface area contributed by atoms with Crippen LogP contribution in [0.5, 0.6) is 0 Å². The molecule has 1 aromatic heterocycles. The highest BCUT2D eigenvalue weighted by atomic mass is 16.5. The van der Waals surface area contributed by atoms with Gasteiger partial charge < -0.3 is 19.5 Å². The maximum atomic E-state index is 12.0. The molecule has 7 nitrogen and oxygen atoms in total. The Balaban J connectivity index is 1.08. The van der Waals surface area contributed by atoms with Crippen molar-refractivity contribution < 1.29 is 9.53 Å². The van der Waals surface area contributed by atoms with Crippen molar-refractivity contribution >= 4 is 23.4 Å². The molecule has 1 atom stereocenters. The third kappa shape index (κ3) is 4.82. The van der Waals surface area contributed by atoms with Gasteiger partial charge in [-0.25, -0.2) is 0 Å². The largest absolute Gasteiger partial charge is 0.370 e. The zero-order valence-electron chi connectivity index (χ0n) is 19.0. The number of morpholine rings is 1. The molecular formula is C26H31N5O2. The summed E-state index contributed by atoms with van der Waals surface area (Å²) in [7, 11) is 0. The van der Waals surface area contributed by atoms with Crippen molar-refractivity contribution in [2.24, 2.45) is 5.92 Å². The summed E-state index contributed by atoms with van der Waals surface area (Å²) in [5.74, 6) is 0.0349. The number of fused-ring (bicyclic) bond motifs is 1. The van der Waals surface area contributed by atoms with Gasteiger partial charge in [0, 0.05) is 56.0 Å². The van der Waals surface area contributed by atoms with Crippen LogP contribution in [0.2, 0.25) is 0 Å². The number of nitriles is 1. The molecule has 7 heteroatoms. The van der Waals surface area contributed by atoms with Crippen LogP contribution in [0.25, 0.3) is 6.08 Å². The number of anilines is 2. The summed E-state index contributed by atoms with van der Waals surface area (Å²) in [5, 5.41) is 9.24. The van der Waals surface area contributed by atoms with Crippen molar-refractivity contribution in [2.75, 3.05) is 62.3 Å². The van der Waals surface area contributed by atoms with Gasteiger partial charge in [0.05, 0.1) is 18.6 Å². The van der Waals surface area contributed by atoms with Gasteiger partial charge in [-0.3, -0.25) is 9.69 Å². The number of amides is 1. The number of nitrogens with one attached hydrogen (secondary N) is 1. The number of ether oxygens (including phenoxy) is 1. The molecule has 5 rings (SSSR count). The first-order chi connectivity index (χ1) is 16.2. The van der Waals surface area contributed by atoms with Gasteiger partial charge in [0.15, 0.2) is 0 Å². The molecule has 1 N–H and O–H groups in total. The van der Waals surface area contributed by atoms with Gasteiger partial charge >= 0.3 is 0 Å². The lowest BCUT2D eigenvalue weighted by Gasteiger charge is -2.36. The van der Waals surface area contributed by atoms with Crippen molar-refractivity contribution in [1.29, 1.82) is 5.26 Å². The van der Waals surface area contributed by atoms with Gasteiger partial charge in [0.2, 0.25) is 0 Å². The molecule has 2 aliphatic heterocycles. The minimum atomic E-state index is 0.00329. The summed E-state index contributed by atoms with van der Waals surface area (Å²) in [6.07, 6.45) is 9.20. The van der Waals surface area contributed by atoms with E-state index in [0.717, 1.165) is 57.7 Å². The summed E-state index contributed by atoms with van der Waals surface area (Å²) < 4.78 is 5.22. The fourth-order valence-electron chi connectivity index (χ4n) is 5.07. The number of aromatic nitrogens is 1. The Bertz CT molecular complexity index is 1040. The SMILES string of the molecule is N#CC1C=Cc2[nH]cc(CCCN3CCN(c4ccc(N5CCOCC5=O)cc4)CC3)c2C1. The fourth-order valence-corrected chi connectivity index (χ4v) is 5.07. The molecule has 1 unspecified atom stereocenters.